The summed E-state index contributed by atoms with van der Waals surface area (Å²) in [6, 6.07) is 24.7. The SMILES string of the molecule is COc1ccc(-c2ccccc2OC(=O)C=Cc2ccccc2)cc1. The van der Waals surface area contributed by atoms with Crippen LogP contribution in [0.2, 0.25) is 0 Å². The zero-order chi connectivity index (χ0) is 17.5. The molecule has 3 heteroatoms. The van der Waals surface area contributed by atoms with Crippen molar-refractivity contribution in [1.29, 1.82) is 0 Å². The van der Waals surface area contributed by atoms with Gasteiger partial charge in [-0.15, -0.1) is 0 Å². The van der Waals surface area contributed by atoms with Crippen LogP contribution < -0.4 is 9.47 Å². The zero-order valence-corrected chi connectivity index (χ0v) is 13.9. The molecule has 3 aromatic carbocycles. The van der Waals surface area contributed by atoms with Crippen LogP contribution >= 0.6 is 0 Å². The monoisotopic (exact) mass is 330 g/mol. The molecule has 25 heavy (non-hydrogen) atoms. The van der Waals surface area contributed by atoms with Gasteiger partial charge in [0.25, 0.3) is 0 Å². The first-order valence-electron chi connectivity index (χ1n) is 7.94. The van der Waals surface area contributed by atoms with E-state index in [2.05, 4.69) is 0 Å². The Bertz CT molecular complexity index is 865. The van der Waals surface area contributed by atoms with Crippen LogP contribution in [-0.4, -0.2) is 13.1 Å². The van der Waals surface area contributed by atoms with Crippen molar-refractivity contribution in [1.82, 2.24) is 0 Å². The lowest BCUT2D eigenvalue weighted by Gasteiger charge is -2.09. The number of benzene rings is 3. The Morgan fingerprint density at radius 2 is 1.52 bits per heavy atom. The number of hydrogen-bond acceptors (Lipinski definition) is 3. The molecular formula is C22H18O3. The molecule has 124 valence electrons. The number of hydrogen-bond donors (Lipinski definition) is 0. The highest BCUT2D eigenvalue weighted by atomic mass is 16.5. The molecule has 3 rings (SSSR count). The Hall–Kier alpha value is -3.33. The third kappa shape index (κ3) is 4.36. The van der Waals surface area contributed by atoms with Crippen LogP contribution in [0.3, 0.4) is 0 Å². The normalized spacial score (nSPS) is 10.6. The number of esters is 1. The van der Waals surface area contributed by atoms with E-state index in [9.17, 15) is 4.79 Å². The summed E-state index contributed by atoms with van der Waals surface area (Å²) in [4.78, 5) is 12.1. The van der Waals surface area contributed by atoms with Gasteiger partial charge in [-0.2, -0.15) is 0 Å². The Balaban J connectivity index is 1.78. The van der Waals surface area contributed by atoms with Gasteiger partial charge in [-0.3, -0.25) is 0 Å². The second-order valence-corrected chi connectivity index (χ2v) is 5.39. The summed E-state index contributed by atoms with van der Waals surface area (Å²) in [7, 11) is 1.63. The predicted octanol–water partition coefficient (Wildman–Crippen LogP) is 4.98. The van der Waals surface area contributed by atoms with Crippen molar-refractivity contribution in [3.63, 3.8) is 0 Å². The van der Waals surface area contributed by atoms with Crippen LogP contribution in [0.25, 0.3) is 17.2 Å². The van der Waals surface area contributed by atoms with E-state index < -0.39 is 5.97 Å². The summed E-state index contributed by atoms with van der Waals surface area (Å²) in [5.74, 6) is 0.893. The van der Waals surface area contributed by atoms with Crippen molar-refractivity contribution >= 4 is 12.0 Å². The Labute approximate surface area is 147 Å². The predicted molar refractivity (Wildman–Crippen MR) is 99.5 cm³/mol. The molecule has 0 aliphatic heterocycles. The first-order valence-corrected chi connectivity index (χ1v) is 7.94. The minimum absolute atomic E-state index is 0.412. The molecule has 0 saturated carbocycles. The van der Waals surface area contributed by atoms with Crippen molar-refractivity contribution < 1.29 is 14.3 Å². The molecule has 0 amide bonds. The smallest absolute Gasteiger partial charge is 0.336 e. The standard InChI is InChI=1S/C22H18O3/c1-24-19-14-12-18(13-15-19)20-9-5-6-10-21(20)25-22(23)16-11-17-7-3-2-4-8-17/h2-16H,1H3. The quantitative estimate of drug-likeness (QED) is 0.376. The van der Waals surface area contributed by atoms with Gasteiger partial charge in [-0.25, -0.2) is 4.79 Å². The first-order chi connectivity index (χ1) is 12.3. The topological polar surface area (TPSA) is 35.5 Å². The Kier molecular flexibility index (Phi) is 5.27. The van der Waals surface area contributed by atoms with Crippen LogP contribution in [0.15, 0.2) is 84.9 Å². The zero-order valence-electron chi connectivity index (χ0n) is 13.9. The van der Waals surface area contributed by atoms with E-state index in [0.29, 0.717) is 5.75 Å². The summed E-state index contributed by atoms with van der Waals surface area (Å²) < 4.78 is 10.7. The van der Waals surface area contributed by atoms with Crippen molar-refractivity contribution in [3.8, 4) is 22.6 Å². The molecule has 0 fully saturated rings. The maximum Gasteiger partial charge on any atom is 0.336 e. The van der Waals surface area contributed by atoms with E-state index in [1.807, 2.05) is 72.8 Å². The van der Waals surface area contributed by atoms with Crippen molar-refractivity contribution in [3.05, 3.63) is 90.5 Å². The number of carbonyl (C=O) groups excluding carboxylic acids is 1. The van der Waals surface area contributed by atoms with Gasteiger partial charge in [0.2, 0.25) is 0 Å². The molecule has 0 aromatic heterocycles. The van der Waals surface area contributed by atoms with Gasteiger partial charge in [-0.05, 0) is 35.4 Å². The lowest BCUT2D eigenvalue weighted by atomic mass is 10.0. The minimum Gasteiger partial charge on any atom is -0.497 e. The second-order valence-electron chi connectivity index (χ2n) is 5.39. The van der Waals surface area contributed by atoms with Crippen LogP contribution in [0, 0.1) is 0 Å². The van der Waals surface area contributed by atoms with E-state index >= 15 is 0 Å². The van der Waals surface area contributed by atoms with Crippen LogP contribution in [0.5, 0.6) is 11.5 Å². The second kappa shape index (κ2) is 7.97. The van der Waals surface area contributed by atoms with Gasteiger partial charge < -0.3 is 9.47 Å². The van der Waals surface area contributed by atoms with E-state index in [4.69, 9.17) is 9.47 Å². The fourth-order valence-electron chi connectivity index (χ4n) is 2.44. The van der Waals surface area contributed by atoms with Gasteiger partial charge in [0, 0.05) is 11.6 Å². The molecule has 0 aliphatic rings. The van der Waals surface area contributed by atoms with E-state index in [0.717, 1.165) is 22.4 Å². The van der Waals surface area contributed by atoms with Gasteiger partial charge in [0.15, 0.2) is 0 Å². The van der Waals surface area contributed by atoms with Gasteiger partial charge >= 0.3 is 5.97 Å². The third-order valence-electron chi connectivity index (χ3n) is 3.71. The molecule has 0 bridgehead atoms. The number of ether oxygens (including phenoxy) is 2. The molecule has 0 radical (unpaired) electrons. The van der Waals surface area contributed by atoms with Crippen molar-refractivity contribution in [2.24, 2.45) is 0 Å². The molecule has 3 aromatic rings. The summed E-state index contributed by atoms with van der Waals surface area (Å²) in [6.07, 6.45) is 3.17. The molecule has 0 spiro atoms. The molecular weight excluding hydrogens is 312 g/mol. The van der Waals surface area contributed by atoms with Crippen LogP contribution in [0.4, 0.5) is 0 Å². The molecule has 0 aliphatic carbocycles. The van der Waals surface area contributed by atoms with Crippen LogP contribution in [-0.2, 0) is 4.79 Å². The largest absolute Gasteiger partial charge is 0.497 e. The molecule has 0 unspecified atom stereocenters. The minimum atomic E-state index is -0.412. The van der Waals surface area contributed by atoms with E-state index in [1.54, 1.807) is 19.3 Å². The summed E-state index contributed by atoms with van der Waals surface area (Å²) >= 11 is 0. The number of para-hydroxylation sites is 1. The Morgan fingerprint density at radius 1 is 0.840 bits per heavy atom. The molecule has 0 atom stereocenters. The van der Waals surface area contributed by atoms with Crippen molar-refractivity contribution in [2.45, 2.75) is 0 Å². The lowest BCUT2D eigenvalue weighted by molar-refractivity contribution is -0.128. The maximum absolute atomic E-state index is 12.1. The average Bonchev–Trinajstić information content (AvgIpc) is 2.68. The summed E-state index contributed by atoms with van der Waals surface area (Å²) in [6.45, 7) is 0. The Morgan fingerprint density at radius 3 is 2.24 bits per heavy atom. The highest BCUT2D eigenvalue weighted by molar-refractivity contribution is 5.90. The van der Waals surface area contributed by atoms with Gasteiger partial charge in [0.05, 0.1) is 7.11 Å². The first kappa shape index (κ1) is 16.5. The summed E-state index contributed by atoms with van der Waals surface area (Å²) in [5.41, 5.74) is 2.76. The average molecular weight is 330 g/mol. The maximum atomic E-state index is 12.1. The highest BCUT2D eigenvalue weighted by Crippen LogP contribution is 2.31. The van der Waals surface area contributed by atoms with Crippen molar-refractivity contribution in [2.75, 3.05) is 7.11 Å². The fraction of sp³-hybridized carbons (Fsp3) is 0.0455. The molecule has 3 nitrogen and oxygen atoms in total. The number of methoxy groups -OCH3 is 1. The summed E-state index contributed by atoms with van der Waals surface area (Å²) in [5, 5.41) is 0. The van der Waals surface area contributed by atoms with Gasteiger partial charge in [0.1, 0.15) is 11.5 Å². The van der Waals surface area contributed by atoms with E-state index in [1.165, 1.54) is 6.08 Å². The molecule has 0 heterocycles. The lowest BCUT2D eigenvalue weighted by Crippen LogP contribution is -2.04. The fourth-order valence-corrected chi connectivity index (χ4v) is 2.44. The van der Waals surface area contributed by atoms with E-state index in [-0.39, 0.29) is 0 Å². The number of rotatable bonds is 5. The van der Waals surface area contributed by atoms with Crippen LogP contribution in [0.1, 0.15) is 5.56 Å². The molecule has 0 N–H and O–H groups in total. The van der Waals surface area contributed by atoms with Gasteiger partial charge in [-0.1, -0.05) is 60.7 Å². The highest BCUT2D eigenvalue weighted by Gasteiger charge is 2.09. The molecule has 0 saturated heterocycles. The number of carbonyl (C=O) groups is 1. The third-order valence-corrected chi connectivity index (χ3v) is 3.71.